The molecule has 0 unspecified atom stereocenters. The fourth-order valence-corrected chi connectivity index (χ4v) is 0. The van der Waals surface area contributed by atoms with Gasteiger partial charge in [-0.1, -0.05) is 0 Å². The van der Waals surface area contributed by atoms with Crippen molar-refractivity contribution in [1.29, 1.82) is 0 Å². The maximum Gasteiger partial charge on any atom is 0.0661 e. The normalized spacial score (nSPS) is 6.00. The van der Waals surface area contributed by atoms with Gasteiger partial charge < -0.3 is 35.0 Å². The van der Waals surface area contributed by atoms with Gasteiger partial charge in [0.2, 0.25) is 0 Å². The Kier molecular flexibility index (Phi) is 59.5. The van der Waals surface area contributed by atoms with Crippen LogP contribution in [0, 0.1) is 0 Å². The molecule has 4 heteroatoms. The van der Waals surface area contributed by atoms with E-state index >= 15 is 0 Å². The van der Waals surface area contributed by atoms with E-state index in [1.54, 1.807) is 0 Å². The van der Waals surface area contributed by atoms with E-state index in [-0.39, 0.29) is 24.8 Å². The molecule has 62 valence electrons. The van der Waals surface area contributed by atoms with Crippen LogP contribution in [0.4, 0.5) is 0 Å². The first kappa shape index (κ1) is 22.7. The second-order valence-electron chi connectivity index (χ2n) is 2.08. The monoisotopic (exact) mass is 176 g/mol. The van der Waals surface area contributed by atoms with Gasteiger partial charge in [-0.25, -0.2) is 0 Å². The molecule has 0 aromatic heterocycles. The van der Waals surface area contributed by atoms with Crippen molar-refractivity contribution in [3.63, 3.8) is 0 Å². The lowest BCUT2D eigenvalue weighted by Crippen LogP contribution is -3.02. The molecule has 0 aliphatic heterocycles. The van der Waals surface area contributed by atoms with Crippen LogP contribution in [0.15, 0.2) is 0 Å². The molecule has 9 heavy (non-hydrogen) atoms. The van der Waals surface area contributed by atoms with E-state index < -0.39 is 0 Å². The average molecular weight is 177 g/mol. The molecule has 0 heterocycles. The molecule has 0 fully saturated rings. The number of hydrogen-bond donors (Lipinski definition) is 2. The number of halogens is 2. The first-order valence-electron chi connectivity index (χ1n) is 2.65. The van der Waals surface area contributed by atoms with E-state index in [1.165, 1.54) is 4.90 Å². The predicted octanol–water partition coefficient (Wildman–Crippen LogP) is -8.42. The van der Waals surface area contributed by atoms with Crippen molar-refractivity contribution >= 4 is 0 Å². The standard InChI is InChI=1S/C3H9N.C2H7N.2ClH/c1-4(2)3;1-3-2;;/h1-3H3;3H,1-2H3;2*1H. The Hall–Kier alpha value is 0.500. The molecule has 0 aliphatic carbocycles. The summed E-state index contributed by atoms with van der Waals surface area (Å²) in [4.78, 5) is 1.42. The van der Waals surface area contributed by atoms with E-state index in [1.807, 2.05) is 19.4 Å². The van der Waals surface area contributed by atoms with Crippen LogP contribution >= 0.6 is 0 Å². The molecule has 0 amide bonds. The lowest BCUT2D eigenvalue weighted by molar-refractivity contribution is -0.836. The third-order valence-corrected chi connectivity index (χ3v) is 0. The summed E-state index contributed by atoms with van der Waals surface area (Å²) in [6, 6.07) is 0. The topological polar surface area (TPSA) is 21.1 Å². The maximum absolute atomic E-state index is 2.08. The number of rotatable bonds is 0. The van der Waals surface area contributed by atoms with Crippen LogP contribution in [0.5, 0.6) is 0 Å². The van der Waals surface area contributed by atoms with Crippen LogP contribution in [0.2, 0.25) is 0 Å². The summed E-state index contributed by atoms with van der Waals surface area (Å²) in [6.45, 7) is 0. The van der Waals surface area contributed by atoms with E-state index in [0.29, 0.717) is 0 Å². The van der Waals surface area contributed by atoms with Crippen LogP contribution in [-0.4, -0.2) is 35.2 Å². The number of nitrogens with one attached hydrogen (secondary N) is 1. The lowest BCUT2D eigenvalue weighted by atomic mass is 11.0. The highest BCUT2D eigenvalue weighted by atomic mass is 35.5. The summed E-state index contributed by atoms with van der Waals surface area (Å²) in [5.74, 6) is 0. The molecule has 0 aromatic carbocycles. The second kappa shape index (κ2) is 23.6. The zero-order chi connectivity index (χ0) is 6.28. The minimum absolute atomic E-state index is 0. The van der Waals surface area contributed by atoms with Crippen LogP contribution in [-0.2, 0) is 0 Å². The number of hydrogen-bond acceptors (Lipinski definition) is 0. The largest absolute Gasteiger partial charge is 1.00 e. The van der Waals surface area contributed by atoms with Crippen molar-refractivity contribution < 1.29 is 35.0 Å². The second-order valence-corrected chi connectivity index (χ2v) is 2.08. The average Bonchev–Trinajstić information content (AvgIpc) is 1.33. The van der Waals surface area contributed by atoms with Crippen molar-refractivity contribution in [1.82, 2.24) is 0 Å². The Balaban J connectivity index is -0.0000000233. The van der Waals surface area contributed by atoms with Crippen molar-refractivity contribution in [2.75, 3.05) is 35.2 Å². The van der Waals surface area contributed by atoms with Gasteiger partial charge in [0.25, 0.3) is 0 Å². The van der Waals surface area contributed by atoms with E-state index in [2.05, 4.69) is 21.1 Å². The first-order valence-corrected chi connectivity index (χ1v) is 2.65. The van der Waals surface area contributed by atoms with Crippen molar-refractivity contribution in [3.05, 3.63) is 0 Å². The summed E-state index contributed by atoms with van der Waals surface area (Å²) in [7, 11) is 10.2. The third-order valence-electron chi connectivity index (χ3n) is 0. The zero-order valence-electron chi connectivity index (χ0n) is 6.83. The fraction of sp³-hybridized carbons (Fsp3) is 1.00. The molecule has 0 atom stereocenters. The number of quaternary nitrogens is 2. The highest BCUT2D eigenvalue weighted by Gasteiger charge is 1.61. The maximum atomic E-state index is 2.08. The smallest absolute Gasteiger partial charge is 0.0661 e. The highest BCUT2D eigenvalue weighted by Crippen LogP contribution is 0.864. The fourth-order valence-electron chi connectivity index (χ4n) is 0. The van der Waals surface area contributed by atoms with Gasteiger partial charge in [0, 0.05) is 0 Å². The lowest BCUT2D eigenvalue weighted by Gasteiger charge is -1.88. The van der Waals surface area contributed by atoms with Crippen LogP contribution < -0.4 is 35.0 Å². The first-order chi connectivity index (χ1) is 3.15. The van der Waals surface area contributed by atoms with Crippen LogP contribution in [0.1, 0.15) is 0 Å². The Morgan fingerprint density at radius 2 is 0.889 bits per heavy atom. The summed E-state index contributed by atoms with van der Waals surface area (Å²) in [5, 5.41) is 2.00. The van der Waals surface area contributed by atoms with Gasteiger partial charge in [0.05, 0.1) is 35.2 Å². The summed E-state index contributed by atoms with van der Waals surface area (Å²) in [5.41, 5.74) is 0. The zero-order valence-corrected chi connectivity index (χ0v) is 8.35. The van der Waals surface area contributed by atoms with Crippen molar-refractivity contribution in [2.45, 2.75) is 0 Å². The summed E-state index contributed by atoms with van der Waals surface area (Å²) in [6.07, 6.45) is 0. The van der Waals surface area contributed by atoms with Crippen LogP contribution in [0.3, 0.4) is 0 Å². The van der Waals surface area contributed by atoms with Gasteiger partial charge in [-0.2, -0.15) is 0 Å². The van der Waals surface area contributed by atoms with Gasteiger partial charge in [0.1, 0.15) is 0 Å². The van der Waals surface area contributed by atoms with Crippen molar-refractivity contribution in [2.24, 2.45) is 0 Å². The van der Waals surface area contributed by atoms with Crippen LogP contribution in [0.25, 0.3) is 0 Å². The van der Waals surface area contributed by atoms with Gasteiger partial charge in [-0.05, 0) is 0 Å². The van der Waals surface area contributed by atoms with E-state index in [9.17, 15) is 0 Å². The molecule has 0 aromatic rings. The minimum atomic E-state index is 0. The SMILES string of the molecule is C[NH+](C)C.C[NH2+]C.[Cl-].[Cl-]. The molecule has 2 nitrogen and oxygen atoms in total. The molecule has 3 N–H and O–H groups in total. The Bertz CT molecular complexity index is 24.2. The Labute approximate surface area is 70.8 Å². The molecular formula is C5H18Cl2N2. The van der Waals surface area contributed by atoms with Gasteiger partial charge >= 0.3 is 0 Å². The molecular weight excluding hydrogens is 159 g/mol. The summed E-state index contributed by atoms with van der Waals surface area (Å²) < 4.78 is 0. The van der Waals surface area contributed by atoms with Gasteiger partial charge in [-0.15, -0.1) is 0 Å². The van der Waals surface area contributed by atoms with E-state index in [4.69, 9.17) is 0 Å². The molecule has 0 aliphatic rings. The van der Waals surface area contributed by atoms with Crippen molar-refractivity contribution in [3.8, 4) is 0 Å². The summed E-state index contributed by atoms with van der Waals surface area (Å²) >= 11 is 0. The Morgan fingerprint density at radius 1 is 0.889 bits per heavy atom. The third kappa shape index (κ3) is 1440. The molecule has 0 saturated carbocycles. The van der Waals surface area contributed by atoms with Gasteiger partial charge in [-0.3, -0.25) is 0 Å². The van der Waals surface area contributed by atoms with Gasteiger partial charge in [0.15, 0.2) is 0 Å². The minimum Gasteiger partial charge on any atom is -1.00 e. The van der Waals surface area contributed by atoms with E-state index in [0.717, 1.165) is 0 Å². The Morgan fingerprint density at radius 3 is 0.889 bits per heavy atom. The highest BCUT2D eigenvalue weighted by molar-refractivity contribution is 3.59. The molecule has 0 bridgehead atoms. The quantitative estimate of drug-likeness (QED) is 0.367. The molecule has 0 rings (SSSR count). The number of nitrogens with two attached hydrogens (primary N) is 1. The molecule has 0 saturated heterocycles. The molecule has 0 spiro atoms. The predicted molar refractivity (Wildman–Crippen MR) is 32.5 cm³/mol. The molecule has 0 radical (unpaired) electrons.